The lowest BCUT2D eigenvalue weighted by molar-refractivity contribution is -0.369. The molecular weight excluding hydrogens is 248 g/mol. The van der Waals surface area contributed by atoms with E-state index >= 15 is 0 Å². The SMILES string of the molecule is [NH3+]CCCCC(O)(O[P+](=O)O)O[P+](=O)O. The molecule has 0 aromatic heterocycles. The number of hydrogen-bond acceptors (Lipinski definition) is 5. The first-order valence-corrected chi connectivity index (χ1v) is 6.38. The van der Waals surface area contributed by atoms with Crippen LogP contribution in [-0.2, 0) is 18.2 Å². The van der Waals surface area contributed by atoms with Gasteiger partial charge in [-0.25, -0.2) is 0 Å². The molecule has 0 radical (unpaired) electrons. The van der Waals surface area contributed by atoms with Crippen LogP contribution in [0, 0.1) is 0 Å². The van der Waals surface area contributed by atoms with Crippen molar-refractivity contribution in [2.45, 2.75) is 25.2 Å². The summed E-state index contributed by atoms with van der Waals surface area (Å²) >= 11 is 0. The van der Waals surface area contributed by atoms with Gasteiger partial charge >= 0.3 is 22.5 Å². The normalized spacial score (nSPS) is 17.1. The van der Waals surface area contributed by atoms with Crippen molar-refractivity contribution in [3.05, 3.63) is 0 Å². The fraction of sp³-hybridized carbons (Fsp3) is 1.00. The van der Waals surface area contributed by atoms with Crippen molar-refractivity contribution in [3.8, 4) is 0 Å². The van der Waals surface area contributed by atoms with E-state index in [0.29, 0.717) is 19.4 Å². The highest BCUT2D eigenvalue weighted by Gasteiger charge is 2.47. The number of aliphatic hydroxyl groups is 1. The summed E-state index contributed by atoms with van der Waals surface area (Å²) in [6, 6.07) is 0. The summed E-state index contributed by atoms with van der Waals surface area (Å²) in [4.78, 5) is 16.8. The first-order chi connectivity index (χ1) is 6.89. The number of hydrogen-bond donors (Lipinski definition) is 4. The zero-order valence-electron chi connectivity index (χ0n) is 7.90. The maximum Gasteiger partial charge on any atom is 0.700 e. The van der Waals surface area contributed by atoms with Crippen molar-refractivity contribution in [2.24, 2.45) is 0 Å². The fourth-order valence-corrected chi connectivity index (χ4v) is 1.68. The molecule has 0 heterocycles. The minimum Gasteiger partial charge on any atom is -0.358 e. The lowest BCUT2D eigenvalue weighted by atomic mass is 10.2. The average molecular weight is 262 g/mol. The van der Waals surface area contributed by atoms with Crippen LogP contribution in [0.4, 0.5) is 0 Å². The molecule has 10 heteroatoms. The Kier molecular flexibility index (Phi) is 7.25. The van der Waals surface area contributed by atoms with Gasteiger partial charge in [0.15, 0.2) is 0 Å². The van der Waals surface area contributed by atoms with Crippen LogP contribution in [0.25, 0.3) is 0 Å². The molecule has 0 aromatic rings. The van der Waals surface area contributed by atoms with E-state index in [0.717, 1.165) is 0 Å². The average Bonchev–Trinajstić information content (AvgIpc) is 2.00. The van der Waals surface area contributed by atoms with E-state index in [1.54, 1.807) is 0 Å². The largest absolute Gasteiger partial charge is 0.700 e. The second kappa shape index (κ2) is 7.27. The van der Waals surface area contributed by atoms with E-state index in [2.05, 4.69) is 14.8 Å². The maximum absolute atomic E-state index is 10.3. The van der Waals surface area contributed by atoms with Crippen molar-refractivity contribution in [3.63, 3.8) is 0 Å². The predicted octanol–water partition coefficient (Wildman–Crippen LogP) is -0.623. The standard InChI is InChI=1S/C5H11NO7P2/c6-4-2-1-3-5(7,12-14(8)9)13-15(10)11/h7H,1-4,6H2/p+3. The van der Waals surface area contributed by atoms with Crippen molar-refractivity contribution in [1.82, 2.24) is 0 Å². The first-order valence-electron chi connectivity index (χ1n) is 4.12. The van der Waals surface area contributed by atoms with Gasteiger partial charge in [-0.3, -0.25) is 0 Å². The monoisotopic (exact) mass is 262 g/mol. The summed E-state index contributed by atoms with van der Waals surface area (Å²) < 4.78 is 28.9. The van der Waals surface area contributed by atoms with Crippen LogP contribution in [-0.4, -0.2) is 27.4 Å². The third-order valence-electron chi connectivity index (χ3n) is 1.43. The van der Waals surface area contributed by atoms with Crippen LogP contribution >= 0.6 is 16.5 Å². The van der Waals surface area contributed by atoms with Crippen LogP contribution in [0.15, 0.2) is 0 Å². The molecule has 0 saturated heterocycles. The summed E-state index contributed by atoms with van der Waals surface area (Å²) in [5.41, 5.74) is 3.55. The molecule has 0 aliphatic carbocycles. The minimum absolute atomic E-state index is 0.189. The van der Waals surface area contributed by atoms with Crippen molar-refractivity contribution in [1.29, 1.82) is 0 Å². The van der Waals surface area contributed by atoms with Crippen molar-refractivity contribution in [2.75, 3.05) is 6.54 Å². The van der Waals surface area contributed by atoms with Gasteiger partial charge in [0.25, 0.3) is 0 Å². The van der Waals surface area contributed by atoms with Crippen molar-refractivity contribution < 1.29 is 38.8 Å². The Labute approximate surface area is 87.9 Å². The molecule has 0 aliphatic heterocycles. The van der Waals surface area contributed by atoms with E-state index in [1.165, 1.54) is 0 Å². The van der Waals surface area contributed by atoms with Crippen molar-refractivity contribution >= 4 is 16.5 Å². The van der Waals surface area contributed by atoms with Gasteiger partial charge < -0.3 is 10.8 Å². The van der Waals surface area contributed by atoms with E-state index in [1.807, 2.05) is 0 Å². The summed E-state index contributed by atoms with van der Waals surface area (Å²) in [6.07, 6.45) is 0.817. The highest BCUT2D eigenvalue weighted by molar-refractivity contribution is 7.33. The van der Waals surface area contributed by atoms with E-state index in [9.17, 15) is 14.2 Å². The van der Waals surface area contributed by atoms with Gasteiger partial charge in [-0.15, -0.1) is 9.79 Å². The zero-order chi connectivity index (χ0) is 11.9. The summed E-state index contributed by atoms with van der Waals surface area (Å²) in [5.74, 6) is -2.50. The Hall–Kier alpha value is -0.0400. The number of rotatable bonds is 8. The quantitative estimate of drug-likeness (QED) is 0.259. The Morgan fingerprint density at radius 2 is 1.60 bits per heavy atom. The third-order valence-corrected chi connectivity index (χ3v) is 2.32. The third kappa shape index (κ3) is 7.84. The van der Waals surface area contributed by atoms with Crippen LogP contribution < -0.4 is 5.73 Å². The molecular formula is C5H14NO7P2+3. The second-order valence-electron chi connectivity index (χ2n) is 2.68. The zero-order valence-corrected chi connectivity index (χ0v) is 9.69. The van der Waals surface area contributed by atoms with Crippen LogP contribution in [0.2, 0.25) is 0 Å². The smallest absolute Gasteiger partial charge is 0.358 e. The number of unbranched alkanes of at least 4 members (excludes halogenated alkanes) is 1. The molecule has 0 aromatic carbocycles. The molecule has 88 valence electrons. The van der Waals surface area contributed by atoms with Gasteiger partial charge in [0.05, 0.1) is 6.54 Å². The highest BCUT2D eigenvalue weighted by atomic mass is 31.1. The van der Waals surface area contributed by atoms with E-state index in [4.69, 9.17) is 9.79 Å². The Bertz CT molecular complexity index is 219. The van der Waals surface area contributed by atoms with Crippen LogP contribution in [0.1, 0.15) is 19.3 Å². The molecule has 2 unspecified atom stereocenters. The molecule has 2 atom stereocenters. The van der Waals surface area contributed by atoms with Gasteiger partial charge in [-0.1, -0.05) is 0 Å². The molecule has 0 bridgehead atoms. The predicted molar refractivity (Wildman–Crippen MR) is 48.4 cm³/mol. The van der Waals surface area contributed by atoms with E-state index in [-0.39, 0.29) is 6.42 Å². The Morgan fingerprint density at radius 3 is 1.93 bits per heavy atom. The molecule has 0 aliphatic rings. The van der Waals surface area contributed by atoms with E-state index < -0.39 is 22.5 Å². The lowest BCUT2D eigenvalue weighted by Crippen LogP contribution is -2.50. The van der Waals surface area contributed by atoms with Crippen LogP contribution in [0.3, 0.4) is 0 Å². The molecule has 8 nitrogen and oxygen atoms in total. The molecule has 6 N–H and O–H groups in total. The summed E-state index contributed by atoms with van der Waals surface area (Å²) in [6.45, 7) is 0.604. The molecule has 0 rings (SSSR count). The second-order valence-corrected chi connectivity index (χ2v) is 4.00. The molecule has 0 spiro atoms. The first kappa shape index (κ1) is 15.0. The molecule has 15 heavy (non-hydrogen) atoms. The maximum atomic E-state index is 10.3. The van der Waals surface area contributed by atoms with Crippen LogP contribution in [0.5, 0.6) is 0 Å². The highest BCUT2D eigenvalue weighted by Crippen LogP contribution is 2.35. The summed E-state index contributed by atoms with van der Waals surface area (Å²) in [5, 5.41) is 9.43. The Balaban J connectivity index is 4.26. The number of quaternary nitrogens is 1. The van der Waals surface area contributed by atoms with Gasteiger partial charge in [-0.05, 0) is 21.9 Å². The molecule has 0 saturated carbocycles. The Morgan fingerprint density at radius 1 is 1.13 bits per heavy atom. The minimum atomic E-state index is -3.12. The van der Waals surface area contributed by atoms with Gasteiger partial charge in [0.2, 0.25) is 0 Å². The lowest BCUT2D eigenvalue weighted by Gasteiger charge is -2.12. The van der Waals surface area contributed by atoms with Gasteiger partial charge in [-0.2, -0.15) is 0 Å². The van der Waals surface area contributed by atoms with Gasteiger partial charge in [0.1, 0.15) is 0 Å². The summed E-state index contributed by atoms with van der Waals surface area (Å²) in [7, 11) is -6.24. The topological polar surface area (TPSA) is 141 Å². The van der Waals surface area contributed by atoms with Gasteiger partial charge in [0, 0.05) is 15.6 Å². The fourth-order valence-electron chi connectivity index (χ4n) is 0.877. The molecule has 0 amide bonds. The molecule has 0 fully saturated rings.